The number of anilines is 1. The smallest absolute Gasteiger partial charge is 0.341 e. The molecule has 3 aromatic carbocycles. The van der Waals surface area contributed by atoms with Crippen molar-refractivity contribution in [3.8, 4) is 28.1 Å². The molecular weight excluding hydrogens is 496 g/mol. The molecule has 2 heterocycles. The Hall–Kier alpha value is -4.49. The Morgan fingerprint density at radius 1 is 0.947 bits per heavy atom. The third kappa shape index (κ3) is 4.88. The van der Waals surface area contributed by atoms with Gasteiger partial charge in [0.25, 0.3) is 5.91 Å². The molecule has 0 unspecified atom stereocenters. The van der Waals surface area contributed by atoms with Gasteiger partial charge in [0.2, 0.25) is 0 Å². The van der Waals surface area contributed by atoms with Crippen LogP contribution in [0.15, 0.2) is 84.2 Å². The third-order valence-electron chi connectivity index (χ3n) is 6.20. The lowest BCUT2D eigenvalue weighted by Gasteiger charge is -2.13. The summed E-state index contributed by atoms with van der Waals surface area (Å²) in [5, 5.41) is 6.00. The summed E-state index contributed by atoms with van der Waals surface area (Å²) in [6.07, 6.45) is 0. The van der Waals surface area contributed by atoms with E-state index in [0.29, 0.717) is 38.5 Å². The molecule has 190 valence electrons. The summed E-state index contributed by atoms with van der Waals surface area (Å²) in [7, 11) is 1.60. The molecule has 0 atom stereocenters. The zero-order valence-electron chi connectivity index (χ0n) is 21.3. The van der Waals surface area contributed by atoms with E-state index in [1.807, 2.05) is 85.1 Å². The van der Waals surface area contributed by atoms with Crippen LogP contribution in [-0.4, -0.2) is 30.6 Å². The number of methoxy groups -OCH3 is 1. The number of amides is 1. The van der Waals surface area contributed by atoms with Gasteiger partial charge in [-0.1, -0.05) is 60.2 Å². The van der Waals surface area contributed by atoms with E-state index in [-0.39, 0.29) is 12.5 Å². The number of carbonyl (C=O) groups excluding carboxylic acids is 2. The predicted octanol–water partition coefficient (Wildman–Crippen LogP) is 7.38. The topological polar surface area (TPSA) is 77.5 Å². The van der Waals surface area contributed by atoms with Gasteiger partial charge in [0.15, 0.2) is 0 Å². The summed E-state index contributed by atoms with van der Waals surface area (Å²) in [6.45, 7) is 4.00. The van der Waals surface area contributed by atoms with E-state index in [9.17, 15) is 9.59 Å². The number of para-hydroxylation sites is 2. The number of aryl methyl sites for hydroxylation is 1. The molecule has 0 bridgehead atoms. The number of carbonyl (C=O) groups is 2. The first-order chi connectivity index (χ1) is 18.5. The maximum atomic E-state index is 13.8. The molecule has 0 aliphatic heterocycles. The zero-order chi connectivity index (χ0) is 26.6. The number of pyridine rings is 1. The lowest BCUT2D eigenvalue weighted by Crippen LogP contribution is -2.15. The molecule has 2 aromatic heterocycles. The molecule has 0 aliphatic rings. The normalized spacial score (nSPS) is 10.8. The lowest BCUT2D eigenvalue weighted by atomic mass is 10.0. The van der Waals surface area contributed by atoms with Crippen molar-refractivity contribution in [1.29, 1.82) is 0 Å². The van der Waals surface area contributed by atoms with Crippen LogP contribution in [-0.2, 0) is 4.74 Å². The van der Waals surface area contributed by atoms with Crippen LogP contribution in [0.2, 0.25) is 0 Å². The summed E-state index contributed by atoms with van der Waals surface area (Å²) in [4.78, 5) is 31.6. The van der Waals surface area contributed by atoms with Crippen LogP contribution in [0.5, 0.6) is 5.75 Å². The van der Waals surface area contributed by atoms with Crippen molar-refractivity contribution in [2.24, 2.45) is 0 Å². The SMILES string of the molecule is CCOC(=O)c1c(-c2ccc(C)cc2)csc1NC(=O)c1cc(-c2ccccc2OC)nc2ccccc12. The fraction of sp³-hybridized carbons (Fsp3) is 0.129. The van der Waals surface area contributed by atoms with Gasteiger partial charge < -0.3 is 14.8 Å². The molecule has 0 spiro atoms. The molecule has 7 heteroatoms. The summed E-state index contributed by atoms with van der Waals surface area (Å²) in [5.41, 5.74) is 5.57. The fourth-order valence-electron chi connectivity index (χ4n) is 4.33. The Morgan fingerprint density at radius 2 is 1.68 bits per heavy atom. The van der Waals surface area contributed by atoms with Gasteiger partial charge in [-0.2, -0.15) is 0 Å². The van der Waals surface area contributed by atoms with Crippen LogP contribution in [0.1, 0.15) is 33.2 Å². The van der Waals surface area contributed by atoms with Crippen molar-refractivity contribution in [2.75, 3.05) is 19.0 Å². The van der Waals surface area contributed by atoms with Gasteiger partial charge in [-0.3, -0.25) is 4.79 Å². The highest BCUT2D eigenvalue weighted by molar-refractivity contribution is 7.15. The van der Waals surface area contributed by atoms with Crippen LogP contribution in [0, 0.1) is 6.92 Å². The standard InChI is InChI=1S/C31H26N2O4S/c1-4-37-31(35)28-24(20-15-13-19(2)14-16-20)18-38-30(28)33-29(34)23-17-26(22-10-6-8-12-27(22)36-3)32-25-11-7-5-9-21(23)25/h5-18H,4H2,1-3H3,(H,33,34). The zero-order valence-corrected chi connectivity index (χ0v) is 22.1. The van der Waals surface area contributed by atoms with E-state index < -0.39 is 5.97 Å². The molecule has 38 heavy (non-hydrogen) atoms. The molecule has 0 aliphatic carbocycles. The largest absolute Gasteiger partial charge is 0.496 e. The minimum absolute atomic E-state index is 0.229. The number of thiophene rings is 1. The van der Waals surface area contributed by atoms with E-state index in [0.717, 1.165) is 22.3 Å². The number of nitrogens with zero attached hydrogens (tertiary/aromatic N) is 1. The first kappa shape index (κ1) is 25.2. The molecule has 0 saturated heterocycles. The van der Waals surface area contributed by atoms with Crippen molar-refractivity contribution in [3.05, 3.63) is 101 Å². The monoisotopic (exact) mass is 522 g/mol. The first-order valence-electron chi connectivity index (χ1n) is 12.2. The van der Waals surface area contributed by atoms with Gasteiger partial charge in [0, 0.05) is 21.9 Å². The highest BCUT2D eigenvalue weighted by Gasteiger charge is 2.24. The number of rotatable bonds is 7. The van der Waals surface area contributed by atoms with Crippen molar-refractivity contribution in [3.63, 3.8) is 0 Å². The molecule has 0 radical (unpaired) electrons. The number of hydrogen-bond donors (Lipinski definition) is 1. The number of ether oxygens (including phenoxy) is 2. The van der Waals surface area contributed by atoms with E-state index in [1.54, 1.807) is 20.1 Å². The summed E-state index contributed by atoms with van der Waals surface area (Å²) >= 11 is 1.30. The number of hydrogen-bond acceptors (Lipinski definition) is 6. The average molecular weight is 523 g/mol. The second-order valence-electron chi connectivity index (χ2n) is 8.67. The summed E-state index contributed by atoms with van der Waals surface area (Å²) in [5.74, 6) is -0.163. The number of nitrogens with one attached hydrogen (secondary N) is 1. The second-order valence-corrected chi connectivity index (χ2v) is 9.55. The van der Waals surface area contributed by atoms with E-state index in [1.165, 1.54) is 11.3 Å². The van der Waals surface area contributed by atoms with Crippen molar-refractivity contribution >= 4 is 39.1 Å². The van der Waals surface area contributed by atoms with Gasteiger partial charge in [0.05, 0.1) is 30.5 Å². The molecule has 6 nitrogen and oxygen atoms in total. The Balaban J connectivity index is 1.59. The second kappa shape index (κ2) is 10.9. The Labute approximate surface area is 224 Å². The molecule has 1 N–H and O–H groups in total. The minimum atomic E-state index is -0.478. The van der Waals surface area contributed by atoms with Gasteiger partial charge >= 0.3 is 5.97 Å². The molecular formula is C31H26N2O4S. The Kier molecular flexibility index (Phi) is 7.20. The summed E-state index contributed by atoms with van der Waals surface area (Å²) in [6, 6.07) is 24.7. The van der Waals surface area contributed by atoms with Gasteiger partial charge in [0.1, 0.15) is 16.3 Å². The summed E-state index contributed by atoms with van der Waals surface area (Å²) < 4.78 is 10.9. The average Bonchev–Trinajstić information content (AvgIpc) is 3.36. The molecule has 5 aromatic rings. The van der Waals surface area contributed by atoms with Crippen LogP contribution in [0.4, 0.5) is 5.00 Å². The predicted molar refractivity (Wildman–Crippen MR) is 152 cm³/mol. The number of aromatic nitrogens is 1. The van der Waals surface area contributed by atoms with Crippen molar-refractivity contribution in [2.45, 2.75) is 13.8 Å². The van der Waals surface area contributed by atoms with Crippen LogP contribution in [0.25, 0.3) is 33.3 Å². The van der Waals surface area contributed by atoms with Crippen LogP contribution in [0.3, 0.4) is 0 Å². The molecule has 0 fully saturated rings. The maximum Gasteiger partial charge on any atom is 0.341 e. The molecule has 1 amide bonds. The quantitative estimate of drug-likeness (QED) is 0.226. The van der Waals surface area contributed by atoms with E-state index in [2.05, 4.69) is 5.32 Å². The first-order valence-corrected chi connectivity index (χ1v) is 13.1. The molecule has 5 rings (SSSR count). The Morgan fingerprint density at radius 3 is 2.45 bits per heavy atom. The van der Waals surface area contributed by atoms with Crippen LogP contribution < -0.4 is 10.1 Å². The minimum Gasteiger partial charge on any atom is -0.496 e. The number of esters is 1. The maximum absolute atomic E-state index is 13.8. The number of fused-ring (bicyclic) bond motifs is 1. The van der Waals surface area contributed by atoms with E-state index in [4.69, 9.17) is 14.5 Å². The lowest BCUT2D eigenvalue weighted by molar-refractivity contribution is 0.0529. The molecule has 0 saturated carbocycles. The highest BCUT2D eigenvalue weighted by Crippen LogP contribution is 2.37. The van der Waals surface area contributed by atoms with Crippen molar-refractivity contribution in [1.82, 2.24) is 4.98 Å². The third-order valence-corrected chi connectivity index (χ3v) is 7.10. The van der Waals surface area contributed by atoms with Gasteiger partial charge in [-0.05, 0) is 43.7 Å². The van der Waals surface area contributed by atoms with Gasteiger partial charge in [-0.25, -0.2) is 9.78 Å². The van der Waals surface area contributed by atoms with E-state index >= 15 is 0 Å². The van der Waals surface area contributed by atoms with Crippen molar-refractivity contribution < 1.29 is 19.1 Å². The van der Waals surface area contributed by atoms with Gasteiger partial charge in [-0.15, -0.1) is 11.3 Å². The van der Waals surface area contributed by atoms with Crippen LogP contribution >= 0.6 is 11.3 Å². The number of benzene rings is 3. The fourth-order valence-corrected chi connectivity index (χ4v) is 5.28. The highest BCUT2D eigenvalue weighted by atomic mass is 32.1. The Bertz CT molecular complexity index is 1640.